The number of hydrogen-bond acceptors (Lipinski definition) is 7. The second-order valence-corrected chi connectivity index (χ2v) is 12.0. The Morgan fingerprint density at radius 1 is 0.950 bits per heavy atom. The number of fused-ring (bicyclic) bond motifs is 2. The Hall–Kier alpha value is -3.46. The molecule has 7 nitrogen and oxygen atoms in total. The fraction of sp³-hybridized carbons (Fsp3) is 0.344. The average Bonchev–Trinajstić information content (AvgIpc) is 2.93. The maximum atomic E-state index is 13.5. The first kappa shape index (κ1) is 28.1. The zero-order chi connectivity index (χ0) is 28.3. The normalized spacial score (nSPS) is 20.7. The number of carbonyl (C=O) groups excluding carboxylic acids is 1. The fourth-order valence-corrected chi connectivity index (χ4v) is 6.85. The number of esters is 1. The summed E-state index contributed by atoms with van der Waals surface area (Å²) in [6.07, 6.45) is 0.276. The first-order valence-corrected chi connectivity index (χ1v) is 15.2. The molecule has 0 amide bonds. The minimum absolute atomic E-state index is 0.00485. The highest BCUT2D eigenvalue weighted by Gasteiger charge is 2.48. The van der Waals surface area contributed by atoms with Crippen LogP contribution in [0.2, 0.25) is 0 Å². The third kappa shape index (κ3) is 5.99. The lowest BCUT2D eigenvalue weighted by atomic mass is 9.86. The van der Waals surface area contributed by atoms with Gasteiger partial charge in [-0.1, -0.05) is 78.4 Å². The van der Waals surface area contributed by atoms with E-state index in [1.165, 1.54) is 17.7 Å². The SMILES string of the molecule is CCOC(=O)C1=C(OS(=O)(=O)c2ccc(C)cc2)C[C@@H]2CN(Cc3ccccc3)C[C@H]1N2[C@H](C)c1ccccc1. The second kappa shape index (κ2) is 12.0. The van der Waals surface area contributed by atoms with Gasteiger partial charge in [0.1, 0.15) is 10.7 Å². The van der Waals surface area contributed by atoms with Gasteiger partial charge in [0.15, 0.2) is 0 Å². The smallest absolute Gasteiger partial charge is 0.339 e. The standard InChI is InChI=1S/C32H36N2O5S/c1-4-38-32(35)31-29-22-33(20-25-11-7-5-8-12-25)21-27(34(29)24(3)26-13-9-6-10-14-26)19-30(31)39-40(36,37)28-17-15-23(2)16-18-28/h5-18,24,27,29H,4,19-22H2,1-3H3/t24-,27-,29-/m1/s1. The predicted octanol–water partition coefficient (Wildman–Crippen LogP) is 5.24. The van der Waals surface area contributed by atoms with E-state index < -0.39 is 22.1 Å². The van der Waals surface area contributed by atoms with Crippen LogP contribution in [0, 0.1) is 6.92 Å². The fourth-order valence-electron chi connectivity index (χ4n) is 5.86. The van der Waals surface area contributed by atoms with Crippen LogP contribution >= 0.6 is 0 Å². The van der Waals surface area contributed by atoms with Gasteiger partial charge >= 0.3 is 16.1 Å². The number of carbonyl (C=O) groups is 1. The lowest BCUT2D eigenvalue weighted by Gasteiger charge is -2.52. The summed E-state index contributed by atoms with van der Waals surface area (Å²) in [5.41, 5.74) is 3.55. The summed E-state index contributed by atoms with van der Waals surface area (Å²) in [6.45, 7) is 7.93. The maximum absolute atomic E-state index is 13.5. The molecule has 40 heavy (non-hydrogen) atoms. The lowest BCUT2D eigenvalue weighted by molar-refractivity contribution is -0.141. The van der Waals surface area contributed by atoms with Crippen molar-refractivity contribution >= 4 is 16.1 Å². The first-order valence-electron chi connectivity index (χ1n) is 13.8. The van der Waals surface area contributed by atoms with E-state index in [-0.39, 0.29) is 41.3 Å². The monoisotopic (exact) mass is 560 g/mol. The zero-order valence-corrected chi connectivity index (χ0v) is 24.0. The van der Waals surface area contributed by atoms with Crippen molar-refractivity contribution in [3.8, 4) is 0 Å². The predicted molar refractivity (Wildman–Crippen MR) is 154 cm³/mol. The minimum atomic E-state index is -4.14. The van der Waals surface area contributed by atoms with Gasteiger partial charge in [-0.2, -0.15) is 8.42 Å². The van der Waals surface area contributed by atoms with Crippen LogP contribution < -0.4 is 0 Å². The quantitative estimate of drug-likeness (QED) is 0.262. The Kier molecular flexibility index (Phi) is 8.40. The van der Waals surface area contributed by atoms with Crippen molar-refractivity contribution in [2.45, 2.75) is 56.8 Å². The molecule has 2 bridgehead atoms. The number of nitrogens with zero attached hydrogens (tertiary/aromatic N) is 2. The molecule has 0 N–H and O–H groups in total. The number of piperazine rings is 1. The highest BCUT2D eigenvalue weighted by atomic mass is 32.2. The average molecular weight is 561 g/mol. The van der Waals surface area contributed by atoms with E-state index in [2.05, 4.69) is 41.0 Å². The van der Waals surface area contributed by atoms with Crippen molar-refractivity contribution in [3.63, 3.8) is 0 Å². The van der Waals surface area contributed by atoms with Crippen LogP contribution in [0.4, 0.5) is 0 Å². The molecule has 3 aromatic carbocycles. The highest BCUT2D eigenvalue weighted by Crippen LogP contribution is 2.41. The molecule has 2 heterocycles. The number of benzene rings is 3. The summed E-state index contributed by atoms with van der Waals surface area (Å²) in [7, 11) is -4.14. The number of rotatable bonds is 9. The maximum Gasteiger partial charge on any atom is 0.339 e. The Morgan fingerprint density at radius 2 is 1.60 bits per heavy atom. The van der Waals surface area contributed by atoms with Crippen molar-refractivity contribution in [2.24, 2.45) is 0 Å². The van der Waals surface area contributed by atoms with E-state index in [1.54, 1.807) is 19.1 Å². The molecule has 0 aromatic heterocycles. The Balaban J connectivity index is 1.56. The number of ether oxygens (including phenoxy) is 1. The molecular formula is C32H36N2O5S. The second-order valence-electron chi connectivity index (χ2n) is 10.5. The van der Waals surface area contributed by atoms with Gasteiger partial charge in [-0.3, -0.25) is 9.80 Å². The van der Waals surface area contributed by atoms with Crippen molar-refractivity contribution < 1.29 is 22.1 Å². The molecule has 2 aliphatic rings. The van der Waals surface area contributed by atoms with Crippen LogP contribution in [0.25, 0.3) is 0 Å². The molecule has 3 aromatic rings. The van der Waals surface area contributed by atoms with E-state index in [9.17, 15) is 13.2 Å². The molecular weight excluding hydrogens is 524 g/mol. The molecule has 2 aliphatic heterocycles. The zero-order valence-electron chi connectivity index (χ0n) is 23.2. The Labute approximate surface area is 237 Å². The summed E-state index contributed by atoms with van der Waals surface area (Å²) in [5, 5.41) is 0. The van der Waals surface area contributed by atoms with Crippen LogP contribution in [0.1, 0.15) is 43.0 Å². The van der Waals surface area contributed by atoms with Gasteiger partial charge in [-0.25, -0.2) is 4.79 Å². The van der Waals surface area contributed by atoms with E-state index in [0.717, 1.165) is 17.7 Å². The van der Waals surface area contributed by atoms with E-state index in [1.807, 2.05) is 43.3 Å². The Bertz CT molecular complexity index is 1460. The molecule has 3 atom stereocenters. The summed E-state index contributed by atoms with van der Waals surface area (Å²) in [5.74, 6) is -0.350. The van der Waals surface area contributed by atoms with Crippen LogP contribution in [0.5, 0.6) is 0 Å². The number of hydrogen-bond donors (Lipinski definition) is 0. The lowest BCUT2D eigenvalue weighted by Crippen LogP contribution is -2.62. The van der Waals surface area contributed by atoms with E-state index in [4.69, 9.17) is 8.92 Å². The van der Waals surface area contributed by atoms with Crippen LogP contribution in [-0.4, -0.2) is 56.0 Å². The molecule has 0 unspecified atom stereocenters. The molecule has 1 fully saturated rings. The van der Waals surface area contributed by atoms with E-state index in [0.29, 0.717) is 13.1 Å². The highest BCUT2D eigenvalue weighted by molar-refractivity contribution is 7.86. The first-order chi connectivity index (χ1) is 19.3. The minimum Gasteiger partial charge on any atom is -0.462 e. The Morgan fingerprint density at radius 3 is 2.25 bits per heavy atom. The van der Waals surface area contributed by atoms with Gasteiger partial charge in [0, 0.05) is 38.1 Å². The molecule has 0 aliphatic carbocycles. The third-order valence-corrected chi connectivity index (χ3v) is 9.00. The largest absolute Gasteiger partial charge is 0.462 e. The number of aryl methyl sites for hydroxylation is 1. The molecule has 8 heteroatoms. The van der Waals surface area contributed by atoms with Crippen molar-refractivity contribution in [1.82, 2.24) is 9.80 Å². The molecule has 0 spiro atoms. The van der Waals surface area contributed by atoms with Gasteiger partial charge in [0.2, 0.25) is 0 Å². The summed E-state index contributed by atoms with van der Waals surface area (Å²) in [4.78, 5) is 18.3. The van der Waals surface area contributed by atoms with Gasteiger partial charge in [-0.05, 0) is 44.0 Å². The van der Waals surface area contributed by atoms with Crippen molar-refractivity contribution in [2.75, 3.05) is 19.7 Å². The molecule has 0 saturated carbocycles. The van der Waals surface area contributed by atoms with Gasteiger partial charge in [0.05, 0.1) is 18.2 Å². The molecule has 0 radical (unpaired) electrons. The van der Waals surface area contributed by atoms with Crippen LogP contribution in [-0.2, 0) is 30.4 Å². The van der Waals surface area contributed by atoms with Crippen LogP contribution in [0.15, 0.2) is 101 Å². The summed E-state index contributed by atoms with van der Waals surface area (Å²) in [6, 6.07) is 26.5. The molecule has 5 rings (SSSR count). The topological polar surface area (TPSA) is 76.1 Å². The van der Waals surface area contributed by atoms with Gasteiger partial charge < -0.3 is 8.92 Å². The van der Waals surface area contributed by atoms with Crippen molar-refractivity contribution in [1.29, 1.82) is 0 Å². The van der Waals surface area contributed by atoms with Crippen molar-refractivity contribution in [3.05, 3.63) is 113 Å². The molecule has 1 saturated heterocycles. The van der Waals surface area contributed by atoms with Crippen LogP contribution in [0.3, 0.4) is 0 Å². The summed E-state index contributed by atoms with van der Waals surface area (Å²) < 4.78 is 38.1. The van der Waals surface area contributed by atoms with Gasteiger partial charge in [0.25, 0.3) is 0 Å². The van der Waals surface area contributed by atoms with Gasteiger partial charge in [-0.15, -0.1) is 0 Å². The molecule has 210 valence electrons. The third-order valence-electron chi connectivity index (χ3n) is 7.73. The summed E-state index contributed by atoms with van der Waals surface area (Å²) >= 11 is 0. The van der Waals surface area contributed by atoms with E-state index >= 15 is 0 Å².